The van der Waals surface area contributed by atoms with Crippen molar-refractivity contribution < 1.29 is 24.2 Å². The number of urea groups is 1. The van der Waals surface area contributed by atoms with Gasteiger partial charge in [-0.15, -0.1) is 0 Å². The summed E-state index contributed by atoms with van der Waals surface area (Å²) in [6, 6.07) is 11.5. The van der Waals surface area contributed by atoms with E-state index >= 15 is 0 Å². The minimum atomic E-state index is -1.16. The molecule has 2 aromatic rings. The second-order valence-electron chi connectivity index (χ2n) is 6.03. The summed E-state index contributed by atoms with van der Waals surface area (Å²) >= 11 is 0. The number of carbonyl (C=O) groups excluding carboxylic acids is 1. The van der Waals surface area contributed by atoms with Crippen molar-refractivity contribution in [3.05, 3.63) is 42.5 Å². The van der Waals surface area contributed by atoms with E-state index in [2.05, 4.69) is 16.0 Å². The molecule has 2 rings (SSSR count). The van der Waals surface area contributed by atoms with Gasteiger partial charge in [0.25, 0.3) is 0 Å². The predicted octanol–water partition coefficient (Wildman–Crippen LogP) is 4.89. The predicted molar refractivity (Wildman–Crippen MR) is 108 cm³/mol. The van der Waals surface area contributed by atoms with E-state index in [0.29, 0.717) is 28.6 Å². The zero-order valence-corrected chi connectivity index (χ0v) is 16.1. The first kappa shape index (κ1) is 20.9. The highest BCUT2D eigenvalue weighted by Gasteiger charge is 2.10. The Morgan fingerprint density at radius 2 is 1.61 bits per heavy atom. The van der Waals surface area contributed by atoms with Gasteiger partial charge in [-0.25, -0.2) is 9.59 Å². The highest BCUT2D eigenvalue weighted by atomic mass is 16.5. The monoisotopic (exact) mass is 387 g/mol. The van der Waals surface area contributed by atoms with E-state index < -0.39 is 6.09 Å². The first-order chi connectivity index (χ1) is 13.4. The van der Waals surface area contributed by atoms with Crippen molar-refractivity contribution in [3.8, 4) is 17.2 Å². The third-order valence-corrected chi connectivity index (χ3v) is 4.08. The summed E-state index contributed by atoms with van der Waals surface area (Å²) in [7, 11) is 1.47. The number of nitrogens with one attached hydrogen (secondary N) is 3. The molecule has 28 heavy (non-hydrogen) atoms. The Labute approximate surface area is 163 Å². The maximum Gasteiger partial charge on any atom is 0.409 e. The van der Waals surface area contributed by atoms with Crippen LogP contribution in [0.25, 0.3) is 0 Å². The second-order valence-corrected chi connectivity index (χ2v) is 6.03. The Morgan fingerprint density at radius 3 is 2.18 bits per heavy atom. The Bertz CT molecular complexity index is 804. The summed E-state index contributed by atoms with van der Waals surface area (Å²) < 4.78 is 11.0. The molecular formula is C20H25N3O5. The van der Waals surface area contributed by atoms with Gasteiger partial charge in [-0.1, -0.05) is 13.8 Å². The molecule has 150 valence electrons. The summed E-state index contributed by atoms with van der Waals surface area (Å²) in [5.74, 6) is 1.37. The number of hydrogen-bond donors (Lipinski definition) is 4. The van der Waals surface area contributed by atoms with E-state index in [1.165, 1.54) is 13.2 Å². The van der Waals surface area contributed by atoms with Crippen molar-refractivity contribution >= 4 is 23.5 Å². The molecule has 4 N–H and O–H groups in total. The molecule has 0 heterocycles. The maximum absolute atomic E-state index is 12.0. The van der Waals surface area contributed by atoms with Crippen LogP contribution >= 0.6 is 0 Å². The Hall–Kier alpha value is -3.42. The first-order valence-electron chi connectivity index (χ1n) is 8.98. The van der Waals surface area contributed by atoms with E-state index in [0.717, 1.165) is 12.8 Å². The van der Waals surface area contributed by atoms with Gasteiger partial charge in [-0.3, -0.25) is 5.32 Å². The number of carbonyl (C=O) groups is 2. The molecule has 0 atom stereocenters. The number of anilines is 2. The van der Waals surface area contributed by atoms with Gasteiger partial charge in [-0.05, 0) is 49.2 Å². The van der Waals surface area contributed by atoms with Gasteiger partial charge in [0.05, 0.1) is 7.11 Å². The zero-order chi connectivity index (χ0) is 20.5. The molecular weight excluding hydrogens is 362 g/mol. The van der Waals surface area contributed by atoms with Crippen molar-refractivity contribution in [1.82, 2.24) is 5.32 Å². The van der Waals surface area contributed by atoms with Crippen LogP contribution in [0.3, 0.4) is 0 Å². The lowest BCUT2D eigenvalue weighted by atomic mass is 10.2. The van der Waals surface area contributed by atoms with Crippen LogP contribution in [0.15, 0.2) is 42.5 Å². The number of rotatable bonds is 8. The average Bonchev–Trinajstić information content (AvgIpc) is 2.68. The smallest absolute Gasteiger partial charge is 0.409 e. The highest BCUT2D eigenvalue weighted by molar-refractivity contribution is 5.89. The summed E-state index contributed by atoms with van der Waals surface area (Å²) in [6.07, 6.45) is 0.588. The van der Waals surface area contributed by atoms with Crippen molar-refractivity contribution in [2.45, 2.75) is 32.7 Å². The number of benzene rings is 2. The number of ether oxygens (including phenoxy) is 2. The van der Waals surface area contributed by atoms with Crippen molar-refractivity contribution in [3.63, 3.8) is 0 Å². The van der Waals surface area contributed by atoms with E-state index in [1.54, 1.807) is 36.4 Å². The van der Waals surface area contributed by atoms with E-state index in [-0.39, 0.29) is 12.1 Å². The quantitative estimate of drug-likeness (QED) is 0.516. The largest absolute Gasteiger partial charge is 0.493 e. The Morgan fingerprint density at radius 1 is 0.964 bits per heavy atom. The van der Waals surface area contributed by atoms with Gasteiger partial charge in [0.1, 0.15) is 5.75 Å². The van der Waals surface area contributed by atoms with Crippen LogP contribution in [0.1, 0.15) is 26.7 Å². The molecule has 3 amide bonds. The van der Waals surface area contributed by atoms with Gasteiger partial charge in [0, 0.05) is 23.5 Å². The molecule has 0 aliphatic rings. The number of carboxylic acid groups (broad SMARTS) is 1. The second kappa shape index (κ2) is 10.1. The summed E-state index contributed by atoms with van der Waals surface area (Å²) in [6.45, 7) is 4.05. The Balaban J connectivity index is 2.02. The fourth-order valence-electron chi connectivity index (χ4n) is 2.53. The number of methoxy groups -OCH3 is 1. The molecule has 0 spiro atoms. The average molecular weight is 387 g/mol. The SMILES string of the molecule is CCC(CC)NC(=O)Nc1ccc(Oc2ccc(NC(=O)O)cc2OC)cc1. The lowest BCUT2D eigenvalue weighted by molar-refractivity contribution is 0.209. The molecule has 0 aliphatic carbocycles. The molecule has 0 fully saturated rings. The van der Waals surface area contributed by atoms with E-state index in [4.69, 9.17) is 14.6 Å². The normalized spacial score (nSPS) is 10.3. The topological polar surface area (TPSA) is 109 Å². The number of hydrogen-bond acceptors (Lipinski definition) is 4. The summed E-state index contributed by atoms with van der Waals surface area (Å²) in [5, 5.41) is 16.7. The van der Waals surface area contributed by atoms with Crippen LogP contribution in [-0.2, 0) is 0 Å². The van der Waals surface area contributed by atoms with Gasteiger partial charge >= 0.3 is 12.1 Å². The lowest BCUT2D eigenvalue weighted by Crippen LogP contribution is -2.37. The molecule has 0 aliphatic heterocycles. The Kier molecular flexibility index (Phi) is 7.50. The zero-order valence-electron chi connectivity index (χ0n) is 16.1. The van der Waals surface area contributed by atoms with E-state index in [9.17, 15) is 9.59 Å². The first-order valence-corrected chi connectivity index (χ1v) is 8.98. The summed E-state index contributed by atoms with van der Waals surface area (Å²) in [5.41, 5.74) is 1.02. The molecule has 0 saturated carbocycles. The van der Waals surface area contributed by atoms with Crippen LogP contribution in [0.4, 0.5) is 21.0 Å². The molecule has 2 aromatic carbocycles. The van der Waals surface area contributed by atoms with Crippen molar-refractivity contribution in [2.24, 2.45) is 0 Å². The van der Waals surface area contributed by atoms with Crippen molar-refractivity contribution in [1.29, 1.82) is 0 Å². The van der Waals surface area contributed by atoms with Gasteiger partial charge < -0.3 is 25.2 Å². The molecule has 0 unspecified atom stereocenters. The lowest BCUT2D eigenvalue weighted by Gasteiger charge is -2.15. The molecule has 0 aromatic heterocycles. The van der Waals surface area contributed by atoms with E-state index in [1.807, 2.05) is 13.8 Å². The van der Waals surface area contributed by atoms with Gasteiger partial charge in [0.2, 0.25) is 0 Å². The molecule has 0 bridgehead atoms. The molecule has 8 heteroatoms. The fraction of sp³-hybridized carbons (Fsp3) is 0.300. The molecule has 8 nitrogen and oxygen atoms in total. The van der Waals surface area contributed by atoms with Crippen LogP contribution in [0.2, 0.25) is 0 Å². The minimum Gasteiger partial charge on any atom is -0.493 e. The van der Waals surface area contributed by atoms with Gasteiger partial charge in [0.15, 0.2) is 11.5 Å². The molecule has 0 saturated heterocycles. The molecule has 0 radical (unpaired) electrons. The van der Waals surface area contributed by atoms with Crippen LogP contribution < -0.4 is 25.4 Å². The fourth-order valence-corrected chi connectivity index (χ4v) is 2.53. The summed E-state index contributed by atoms with van der Waals surface area (Å²) in [4.78, 5) is 22.7. The van der Waals surface area contributed by atoms with Crippen LogP contribution in [0.5, 0.6) is 17.2 Å². The third-order valence-electron chi connectivity index (χ3n) is 4.08. The maximum atomic E-state index is 12.0. The van der Waals surface area contributed by atoms with Gasteiger partial charge in [-0.2, -0.15) is 0 Å². The minimum absolute atomic E-state index is 0.147. The highest BCUT2D eigenvalue weighted by Crippen LogP contribution is 2.34. The van der Waals surface area contributed by atoms with Crippen LogP contribution in [-0.4, -0.2) is 30.4 Å². The van der Waals surface area contributed by atoms with Crippen LogP contribution in [0, 0.1) is 0 Å². The third kappa shape index (κ3) is 6.08. The van der Waals surface area contributed by atoms with Crippen molar-refractivity contribution in [2.75, 3.05) is 17.7 Å². The standard InChI is InChI=1S/C20H25N3O5/c1-4-13(5-2)21-19(24)22-14-6-9-16(10-7-14)28-17-11-8-15(23-20(25)26)12-18(17)27-3/h6-13,23H,4-5H2,1-3H3,(H,25,26)(H2,21,22,24). The number of amides is 3.